The van der Waals surface area contributed by atoms with Crippen molar-refractivity contribution < 1.29 is 4.79 Å². The van der Waals surface area contributed by atoms with Crippen LogP contribution in [0.15, 0.2) is 24.3 Å². The van der Waals surface area contributed by atoms with Gasteiger partial charge in [-0.3, -0.25) is 4.79 Å². The standard InChI is InChI=1S/C15H16N4OS/c1-10(17-15(20)14-11(2)18-19-21-14)13-7-3-5-12(9-13)6-4-8-16/h3,5,7,9-10H,8,16H2,1-2H3,(H,17,20). The van der Waals surface area contributed by atoms with Crippen LogP contribution in [0.1, 0.15) is 39.5 Å². The first-order valence-electron chi connectivity index (χ1n) is 6.50. The second kappa shape index (κ2) is 6.97. The van der Waals surface area contributed by atoms with Crippen LogP contribution in [0.3, 0.4) is 0 Å². The number of rotatable bonds is 3. The van der Waals surface area contributed by atoms with Crippen molar-refractivity contribution in [3.05, 3.63) is 46.0 Å². The van der Waals surface area contributed by atoms with E-state index in [1.165, 1.54) is 0 Å². The summed E-state index contributed by atoms with van der Waals surface area (Å²) in [6.07, 6.45) is 0. The highest BCUT2D eigenvalue weighted by Crippen LogP contribution is 2.16. The van der Waals surface area contributed by atoms with Gasteiger partial charge in [0.2, 0.25) is 0 Å². The highest BCUT2D eigenvalue weighted by molar-refractivity contribution is 7.08. The van der Waals surface area contributed by atoms with E-state index in [9.17, 15) is 4.79 Å². The summed E-state index contributed by atoms with van der Waals surface area (Å²) in [7, 11) is 0. The summed E-state index contributed by atoms with van der Waals surface area (Å²) in [6.45, 7) is 4.03. The van der Waals surface area contributed by atoms with Gasteiger partial charge in [-0.1, -0.05) is 28.5 Å². The molecule has 1 heterocycles. The lowest BCUT2D eigenvalue weighted by Gasteiger charge is -2.14. The van der Waals surface area contributed by atoms with E-state index >= 15 is 0 Å². The van der Waals surface area contributed by atoms with E-state index in [1.54, 1.807) is 6.92 Å². The number of nitrogens with two attached hydrogens (primary N) is 1. The minimum atomic E-state index is -0.159. The molecule has 0 aliphatic rings. The van der Waals surface area contributed by atoms with Crippen LogP contribution >= 0.6 is 11.5 Å². The Balaban J connectivity index is 2.11. The lowest BCUT2D eigenvalue weighted by Crippen LogP contribution is -2.26. The maximum absolute atomic E-state index is 12.1. The number of carbonyl (C=O) groups excluding carboxylic acids is 1. The zero-order chi connectivity index (χ0) is 15.2. The minimum Gasteiger partial charge on any atom is -0.345 e. The lowest BCUT2D eigenvalue weighted by molar-refractivity contribution is 0.0943. The predicted octanol–water partition coefficient (Wildman–Crippen LogP) is 1.65. The molecule has 0 aliphatic carbocycles. The Morgan fingerprint density at radius 3 is 3.00 bits per heavy atom. The molecule has 1 aromatic carbocycles. The second-order valence-corrected chi connectivity index (χ2v) is 5.27. The zero-order valence-electron chi connectivity index (χ0n) is 11.9. The van der Waals surface area contributed by atoms with E-state index in [2.05, 4.69) is 26.7 Å². The number of nitrogens with one attached hydrogen (secondary N) is 1. The van der Waals surface area contributed by atoms with Crippen LogP contribution in [0.2, 0.25) is 0 Å². The van der Waals surface area contributed by atoms with Gasteiger partial charge in [-0.2, -0.15) is 0 Å². The van der Waals surface area contributed by atoms with Gasteiger partial charge < -0.3 is 11.1 Å². The third-order valence-electron chi connectivity index (χ3n) is 2.93. The van der Waals surface area contributed by atoms with Crippen molar-refractivity contribution in [1.82, 2.24) is 14.9 Å². The number of aryl methyl sites for hydroxylation is 1. The molecule has 2 aromatic rings. The first-order valence-corrected chi connectivity index (χ1v) is 7.28. The number of nitrogens with zero attached hydrogens (tertiary/aromatic N) is 2. The van der Waals surface area contributed by atoms with Gasteiger partial charge in [0.15, 0.2) is 0 Å². The van der Waals surface area contributed by atoms with Crippen molar-refractivity contribution in [3.63, 3.8) is 0 Å². The van der Waals surface area contributed by atoms with Gasteiger partial charge in [0, 0.05) is 5.56 Å². The van der Waals surface area contributed by atoms with E-state index in [0.29, 0.717) is 17.1 Å². The Morgan fingerprint density at radius 1 is 1.52 bits per heavy atom. The summed E-state index contributed by atoms with van der Waals surface area (Å²) >= 11 is 1.10. The molecule has 2 rings (SSSR count). The molecular formula is C15H16N4OS. The van der Waals surface area contributed by atoms with Crippen molar-refractivity contribution in [2.24, 2.45) is 5.73 Å². The van der Waals surface area contributed by atoms with Crippen LogP contribution in [0.25, 0.3) is 0 Å². The molecule has 1 unspecified atom stereocenters. The van der Waals surface area contributed by atoms with Crippen LogP contribution in [-0.4, -0.2) is 22.0 Å². The summed E-state index contributed by atoms with van der Waals surface area (Å²) in [5.74, 6) is 5.64. The van der Waals surface area contributed by atoms with Crippen molar-refractivity contribution in [1.29, 1.82) is 0 Å². The van der Waals surface area contributed by atoms with Crippen molar-refractivity contribution in [2.75, 3.05) is 6.54 Å². The van der Waals surface area contributed by atoms with Gasteiger partial charge in [0.05, 0.1) is 18.3 Å². The Kier molecular flexibility index (Phi) is 5.04. The van der Waals surface area contributed by atoms with Gasteiger partial charge >= 0.3 is 0 Å². The molecule has 3 N–H and O–H groups in total. The monoisotopic (exact) mass is 300 g/mol. The van der Waals surface area contributed by atoms with E-state index in [1.807, 2.05) is 31.2 Å². The molecule has 21 heavy (non-hydrogen) atoms. The fourth-order valence-corrected chi connectivity index (χ4v) is 2.38. The first kappa shape index (κ1) is 15.2. The Morgan fingerprint density at radius 2 is 2.33 bits per heavy atom. The molecule has 1 atom stereocenters. The fraction of sp³-hybridized carbons (Fsp3) is 0.267. The summed E-state index contributed by atoms with van der Waals surface area (Å²) in [4.78, 5) is 12.7. The third-order valence-corrected chi connectivity index (χ3v) is 3.75. The zero-order valence-corrected chi connectivity index (χ0v) is 12.7. The topological polar surface area (TPSA) is 80.9 Å². The predicted molar refractivity (Wildman–Crippen MR) is 82.9 cm³/mol. The first-order chi connectivity index (χ1) is 10.1. The fourth-order valence-electron chi connectivity index (χ4n) is 1.82. The van der Waals surface area contributed by atoms with E-state index in [-0.39, 0.29) is 11.9 Å². The molecule has 108 valence electrons. The highest BCUT2D eigenvalue weighted by atomic mass is 32.1. The smallest absolute Gasteiger partial charge is 0.265 e. The summed E-state index contributed by atoms with van der Waals surface area (Å²) in [5, 5.41) is 6.78. The average molecular weight is 300 g/mol. The molecule has 6 heteroatoms. The van der Waals surface area contributed by atoms with Gasteiger partial charge in [0.25, 0.3) is 5.91 Å². The molecule has 5 nitrogen and oxygen atoms in total. The second-order valence-electron chi connectivity index (χ2n) is 4.51. The van der Waals surface area contributed by atoms with Gasteiger partial charge in [0.1, 0.15) is 4.88 Å². The lowest BCUT2D eigenvalue weighted by atomic mass is 10.1. The van der Waals surface area contributed by atoms with E-state index in [0.717, 1.165) is 22.7 Å². The van der Waals surface area contributed by atoms with Gasteiger partial charge in [-0.25, -0.2) is 0 Å². The Hall–Kier alpha value is -2.23. The Labute approximate surface area is 127 Å². The molecule has 0 aliphatic heterocycles. The summed E-state index contributed by atoms with van der Waals surface area (Å²) in [6, 6.07) is 7.61. The SMILES string of the molecule is Cc1nnsc1C(=O)NC(C)c1cccc(C#CCN)c1. The van der Waals surface area contributed by atoms with Crippen LogP contribution in [0, 0.1) is 18.8 Å². The van der Waals surface area contributed by atoms with Crippen molar-refractivity contribution in [3.8, 4) is 11.8 Å². The largest absolute Gasteiger partial charge is 0.345 e. The molecule has 0 saturated carbocycles. The van der Waals surface area contributed by atoms with Crippen LogP contribution in [0.5, 0.6) is 0 Å². The van der Waals surface area contributed by atoms with Crippen molar-refractivity contribution in [2.45, 2.75) is 19.9 Å². The molecule has 0 spiro atoms. The molecule has 1 aromatic heterocycles. The molecule has 0 bridgehead atoms. The Bertz CT molecular complexity index is 699. The summed E-state index contributed by atoms with van der Waals surface area (Å²) < 4.78 is 3.77. The number of carbonyl (C=O) groups is 1. The molecular weight excluding hydrogens is 284 g/mol. The highest BCUT2D eigenvalue weighted by Gasteiger charge is 2.16. The quantitative estimate of drug-likeness (QED) is 0.845. The maximum Gasteiger partial charge on any atom is 0.265 e. The average Bonchev–Trinajstić information content (AvgIpc) is 2.91. The molecule has 0 radical (unpaired) electrons. The number of hydrogen-bond donors (Lipinski definition) is 2. The molecule has 1 amide bonds. The van der Waals surface area contributed by atoms with Crippen molar-refractivity contribution >= 4 is 17.4 Å². The van der Waals surface area contributed by atoms with Crippen LogP contribution in [0.4, 0.5) is 0 Å². The van der Waals surface area contributed by atoms with Gasteiger partial charge in [-0.15, -0.1) is 5.10 Å². The van der Waals surface area contributed by atoms with Crippen LogP contribution in [-0.2, 0) is 0 Å². The number of aromatic nitrogens is 2. The minimum absolute atomic E-state index is 0.126. The normalized spacial score (nSPS) is 11.4. The molecule has 0 fully saturated rings. The van der Waals surface area contributed by atoms with Gasteiger partial charge in [-0.05, 0) is 43.1 Å². The van der Waals surface area contributed by atoms with Crippen LogP contribution < -0.4 is 11.1 Å². The molecule has 0 saturated heterocycles. The number of amides is 1. The van der Waals surface area contributed by atoms with E-state index < -0.39 is 0 Å². The number of hydrogen-bond acceptors (Lipinski definition) is 5. The van der Waals surface area contributed by atoms with E-state index in [4.69, 9.17) is 5.73 Å². The maximum atomic E-state index is 12.1. The number of benzene rings is 1. The third kappa shape index (κ3) is 3.88. The summed E-state index contributed by atoms with van der Waals surface area (Å²) in [5.41, 5.74) is 7.88.